The minimum Gasteiger partial charge on any atom is -0.454 e. The van der Waals surface area contributed by atoms with Crippen LogP contribution in [0.3, 0.4) is 0 Å². The molecule has 3 heteroatoms. The normalized spacial score (nSPS) is 11.5. The minimum absolute atomic E-state index is 0.286. The van der Waals surface area contributed by atoms with Gasteiger partial charge in [0, 0.05) is 22.9 Å². The Balaban J connectivity index is 1.62. The van der Waals surface area contributed by atoms with E-state index in [0.717, 1.165) is 55.4 Å². The molecule has 0 saturated heterocycles. The van der Waals surface area contributed by atoms with Crippen LogP contribution in [-0.2, 0) is 7.05 Å². The van der Waals surface area contributed by atoms with Crippen molar-refractivity contribution in [1.29, 1.82) is 0 Å². The molecule has 6 aromatic rings. The number of halogens is 1. The predicted octanol–water partition coefficient (Wildman–Crippen LogP) is 8.48. The number of aromatic nitrogens is 1. The topological polar surface area (TPSA) is 17.0 Å². The van der Waals surface area contributed by atoms with Crippen LogP contribution in [0, 0.1) is 26.6 Å². The van der Waals surface area contributed by atoms with Gasteiger partial charge in [0.1, 0.15) is 24.0 Å². The van der Waals surface area contributed by atoms with Gasteiger partial charge in [0.05, 0.1) is 11.1 Å². The molecule has 0 unspecified atom stereocenters. The lowest BCUT2D eigenvalue weighted by molar-refractivity contribution is -0.660. The highest BCUT2D eigenvalue weighted by atomic mass is 19.1. The molecule has 6 rings (SSSR count). The molecule has 2 nitrogen and oxygen atoms in total. The Morgan fingerprint density at radius 2 is 1.36 bits per heavy atom. The van der Waals surface area contributed by atoms with Gasteiger partial charge in [-0.3, -0.25) is 0 Å². The molecule has 0 aliphatic rings. The number of nitrogens with zero attached hydrogens (tertiary/aromatic N) is 1. The molecule has 2 heterocycles. The van der Waals surface area contributed by atoms with Crippen molar-refractivity contribution in [2.24, 2.45) is 7.05 Å². The van der Waals surface area contributed by atoms with Gasteiger partial charge in [0.15, 0.2) is 6.20 Å². The summed E-state index contributed by atoms with van der Waals surface area (Å²) in [7, 11) is 2.04. The summed E-state index contributed by atoms with van der Waals surface area (Å²) >= 11 is 0. The van der Waals surface area contributed by atoms with E-state index in [1.807, 2.05) is 55.6 Å². The monoisotopic (exact) mass is 472 g/mol. The zero-order valence-electron chi connectivity index (χ0n) is 20.9. The summed E-state index contributed by atoms with van der Waals surface area (Å²) in [5, 5.41) is 1.97. The highest BCUT2D eigenvalue weighted by Crippen LogP contribution is 2.43. The second-order valence-electron chi connectivity index (χ2n) is 9.63. The highest BCUT2D eigenvalue weighted by molar-refractivity contribution is 6.14. The van der Waals surface area contributed by atoms with Crippen molar-refractivity contribution >= 4 is 21.9 Å². The molecule has 0 bridgehead atoms. The van der Waals surface area contributed by atoms with Crippen molar-refractivity contribution in [3.63, 3.8) is 0 Å². The van der Waals surface area contributed by atoms with Crippen molar-refractivity contribution in [2.45, 2.75) is 20.8 Å². The minimum atomic E-state index is -0.286. The molecule has 0 aliphatic heterocycles. The number of aryl methyl sites for hydroxylation is 4. The Kier molecular flexibility index (Phi) is 5.22. The number of fused-ring (bicyclic) bond motifs is 3. The Bertz CT molecular complexity index is 1760. The van der Waals surface area contributed by atoms with Crippen molar-refractivity contribution in [3.05, 3.63) is 114 Å². The van der Waals surface area contributed by atoms with Crippen LogP contribution in [0.4, 0.5) is 4.39 Å². The molecule has 0 aliphatic carbocycles. The zero-order chi connectivity index (χ0) is 25.0. The Hall–Kier alpha value is -4.24. The van der Waals surface area contributed by atoms with Crippen LogP contribution in [0.2, 0.25) is 0 Å². The van der Waals surface area contributed by atoms with Gasteiger partial charge >= 0.3 is 0 Å². The zero-order valence-corrected chi connectivity index (χ0v) is 20.9. The van der Waals surface area contributed by atoms with Crippen molar-refractivity contribution in [2.75, 3.05) is 0 Å². The first kappa shape index (κ1) is 22.2. The molecule has 0 spiro atoms. The Labute approximate surface area is 210 Å². The molecule has 0 saturated carbocycles. The van der Waals surface area contributed by atoms with Crippen molar-refractivity contribution < 1.29 is 13.4 Å². The summed E-state index contributed by atoms with van der Waals surface area (Å²) in [5.74, 6) is -0.286. The summed E-state index contributed by atoms with van der Waals surface area (Å²) in [6, 6.07) is 28.1. The van der Waals surface area contributed by atoms with E-state index in [1.165, 1.54) is 5.56 Å². The molecule has 4 aromatic carbocycles. The van der Waals surface area contributed by atoms with Gasteiger partial charge < -0.3 is 4.42 Å². The van der Waals surface area contributed by atoms with E-state index in [4.69, 9.17) is 4.42 Å². The largest absolute Gasteiger partial charge is 0.454 e. The molecule has 2 aromatic heterocycles. The molecular weight excluding hydrogens is 445 g/mol. The van der Waals surface area contributed by atoms with E-state index >= 15 is 4.39 Å². The van der Waals surface area contributed by atoms with Gasteiger partial charge in [-0.15, -0.1) is 0 Å². The molecule has 0 N–H and O–H groups in total. The van der Waals surface area contributed by atoms with Crippen LogP contribution in [0.15, 0.2) is 95.5 Å². The second kappa shape index (κ2) is 8.46. The van der Waals surface area contributed by atoms with Crippen molar-refractivity contribution in [3.8, 4) is 33.5 Å². The van der Waals surface area contributed by atoms with Gasteiger partial charge in [0.2, 0.25) is 5.69 Å². The molecule has 0 atom stereocenters. The number of hydrogen-bond acceptors (Lipinski definition) is 1. The van der Waals surface area contributed by atoms with Crippen LogP contribution in [0.5, 0.6) is 0 Å². The summed E-state index contributed by atoms with van der Waals surface area (Å²) in [6.07, 6.45) is 2.07. The fourth-order valence-corrected chi connectivity index (χ4v) is 5.32. The van der Waals surface area contributed by atoms with Crippen LogP contribution in [0.1, 0.15) is 16.7 Å². The van der Waals surface area contributed by atoms with E-state index in [0.29, 0.717) is 11.1 Å². The van der Waals surface area contributed by atoms with Gasteiger partial charge in [-0.25, -0.2) is 8.96 Å². The Morgan fingerprint density at radius 3 is 2.11 bits per heavy atom. The number of benzene rings is 4. The molecule has 176 valence electrons. The van der Waals surface area contributed by atoms with E-state index in [-0.39, 0.29) is 5.82 Å². The van der Waals surface area contributed by atoms with Gasteiger partial charge in [0.25, 0.3) is 0 Å². The smallest absolute Gasteiger partial charge is 0.216 e. The average molecular weight is 473 g/mol. The van der Waals surface area contributed by atoms with Crippen LogP contribution >= 0.6 is 0 Å². The molecule has 0 amide bonds. The van der Waals surface area contributed by atoms with Crippen LogP contribution < -0.4 is 4.57 Å². The SMILES string of the molecule is Cc1cc[n+](C)c(-c2c(C)cc(C)c3c2oc2c(-c4ccc(-c5ccccc5)cc4)c(F)ccc23)c1. The fourth-order valence-electron chi connectivity index (χ4n) is 5.32. The van der Waals surface area contributed by atoms with E-state index < -0.39 is 0 Å². The molecule has 36 heavy (non-hydrogen) atoms. The summed E-state index contributed by atoms with van der Waals surface area (Å²) in [6.45, 7) is 6.30. The molecule has 0 radical (unpaired) electrons. The third kappa shape index (κ3) is 3.51. The number of rotatable bonds is 3. The predicted molar refractivity (Wildman–Crippen MR) is 145 cm³/mol. The van der Waals surface area contributed by atoms with E-state index in [1.54, 1.807) is 6.07 Å². The van der Waals surface area contributed by atoms with Gasteiger partial charge in [-0.05, 0) is 66.3 Å². The maximum absolute atomic E-state index is 15.4. The summed E-state index contributed by atoms with van der Waals surface area (Å²) < 4.78 is 24.1. The maximum atomic E-state index is 15.4. The lowest BCUT2D eigenvalue weighted by Crippen LogP contribution is -2.30. The first-order chi connectivity index (χ1) is 17.4. The van der Waals surface area contributed by atoms with E-state index in [2.05, 4.69) is 61.9 Å². The Morgan fingerprint density at radius 1 is 0.667 bits per heavy atom. The van der Waals surface area contributed by atoms with E-state index in [9.17, 15) is 0 Å². The number of hydrogen-bond donors (Lipinski definition) is 0. The molecular formula is C33H27FNO+. The fraction of sp³-hybridized carbons (Fsp3) is 0.121. The lowest BCUT2D eigenvalue weighted by atomic mass is 9.95. The van der Waals surface area contributed by atoms with Crippen LogP contribution in [0.25, 0.3) is 55.4 Å². The summed E-state index contributed by atoms with van der Waals surface area (Å²) in [5.41, 5.74) is 10.5. The first-order valence-corrected chi connectivity index (χ1v) is 12.2. The third-order valence-corrected chi connectivity index (χ3v) is 7.10. The quantitative estimate of drug-likeness (QED) is 0.236. The second-order valence-corrected chi connectivity index (χ2v) is 9.63. The third-order valence-electron chi connectivity index (χ3n) is 7.10. The number of furan rings is 1. The maximum Gasteiger partial charge on any atom is 0.216 e. The average Bonchev–Trinajstić information content (AvgIpc) is 3.26. The summed E-state index contributed by atoms with van der Waals surface area (Å²) in [4.78, 5) is 0. The number of pyridine rings is 1. The standard InChI is InChI=1S/C33H27FNO/c1-20-16-17-35(4)28(18-20)30-22(3)19-21(2)29-26-14-15-27(34)31(32(26)36-33(29)30)25-12-10-24(11-13-25)23-8-6-5-7-9-23/h5-19H,1-4H3/q+1. The van der Waals surface area contributed by atoms with Gasteiger partial charge in [-0.2, -0.15) is 0 Å². The van der Waals surface area contributed by atoms with Crippen molar-refractivity contribution in [1.82, 2.24) is 0 Å². The lowest BCUT2D eigenvalue weighted by Gasteiger charge is -2.08. The first-order valence-electron chi connectivity index (χ1n) is 12.2. The highest BCUT2D eigenvalue weighted by Gasteiger charge is 2.24. The van der Waals surface area contributed by atoms with Gasteiger partial charge in [-0.1, -0.05) is 60.7 Å². The molecule has 0 fully saturated rings. The van der Waals surface area contributed by atoms with Crippen LogP contribution in [-0.4, -0.2) is 0 Å².